The summed E-state index contributed by atoms with van der Waals surface area (Å²) in [5, 5.41) is 2.07. The Hall–Kier alpha value is -2.24. The van der Waals surface area contributed by atoms with Crippen molar-refractivity contribution < 1.29 is 18.8 Å². The van der Waals surface area contributed by atoms with Gasteiger partial charge in [-0.2, -0.15) is 0 Å². The fourth-order valence-corrected chi connectivity index (χ4v) is 2.81. The second kappa shape index (κ2) is 6.89. The summed E-state index contributed by atoms with van der Waals surface area (Å²) in [6.45, 7) is 6.09. The highest BCUT2D eigenvalue weighted by Crippen LogP contribution is 2.30. The number of fused-ring (bicyclic) bond motifs is 1. The van der Waals surface area contributed by atoms with Crippen molar-refractivity contribution in [1.82, 2.24) is 10.2 Å². The van der Waals surface area contributed by atoms with E-state index in [4.69, 9.17) is 0 Å². The quantitative estimate of drug-likeness (QED) is 0.818. The number of amides is 3. The third-order valence-electron chi connectivity index (χ3n) is 4.22. The van der Waals surface area contributed by atoms with Crippen LogP contribution in [-0.4, -0.2) is 29.2 Å². The molecule has 2 rings (SSSR count). The van der Waals surface area contributed by atoms with Crippen LogP contribution in [0.25, 0.3) is 0 Å². The zero-order valence-corrected chi connectivity index (χ0v) is 13.6. The van der Waals surface area contributed by atoms with Crippen LogP contribution in [0.1, 0.15) is 61.0 Å². The summed E-state index contributed by atoms with van der Waals surface area (Å²) >= 11 is 0. The smallest absolute Gasteiger partial charge is 0.254 e. The Bertz CT molecular complexity index is 643. The lowest BCUT2D eigenvalue weighted by molar-refractivity contribution is -0.125. The predicted octanol–water partition coefficient (Wildman–Crippen LogP) is 2.35. The first kappa shape index (κ1) is 17.1. The minimum absolute atomic E-state index is 0.0499. The Kier molecular flexibility index (Phi) is 5.13. The average molecular weight is 320 g/mol. The van der Waals surface area contributed by atoms with Gasteiger partial charge in [0.25, 0.3) is 5.91 Å². The van der Waals surface area contributed by atoms with E-state index in [-0.39, 0.29) is 36.0 Å². The van der Waals surface area contributed by atoms with Crippen molar-refractivity contribution in [2.75, 3.05) is 0 Å². The van der Waals surface area contributed by atoms with E-state index in [1.807, 2.05) is 20.8 Å². The highest BCUT2D eigenvalue weighted by molar-refractivity contribution is 5.98. The lowest BCUT2D eigenvalue weighted by Crippen LogP contribution is -2.34. The second-order valence-corrected chi connectivity index (χ2v) is 6.19. The fourth-order valence-electron chi connectivity index (χ4n) is 2.81. The number of carbonyl (C=O) groups is 3. The van der Waals surface area contributed by atoms with Gasteiger partial charge in [-0.25, -0.2) is 4.39 Å². The van der Waals surface area contributed by atoms with Gasteiger partial charge in [0.05, 0.1) is 0 Å². The molecule has 0 radical (unpaired) electrons. The van der Waals surface area contributed by atoms with E-state index in [1.165, 1.54) is 6.07 Å². The molecule has 124 valence electrons. The van der Waals surface area contributed by atoms with Crippen LogP contribution in [-0.2, 0) is 16.1 Å². The third kappa shape index (κ3) is 3.57. The van der Waals surface area contributed by atoms with Gasteiger partial charge < -0.3 is 4.90 Å². The molecule has 5 nitrogen and oxygen atoms in total. The number of hydrogen-bond donors (Lipinski definition) is 1. The summed E-state index contributed by atoms with van der Waals surface area (Å²) in [6, 6.07) is 2.91. The van der Waals surface area contributed by atoms with Gasteiger partial charge in [-0.1, -0.05) is 19.9 Å². The van der Waals surface area contributed by atoms with E-state index in [1.54, 1.807) is 11.0 Å². The first-order valence-corrected chi connectivity index (χ1v) is 7.71. The fraction of sp³-hybridized carbons (Fsp3) is 0.471. The van der Waals surface area contributed by atoms with E-state index < -0.39 is 0 Å². The number of benzene rings is 1. The molecule has 0 saturated heterocycles. The van der Waals surface area contributed by atoms with Crippen molar-refractivity contribution in [2.24, 2.45) is 0 Å². The lowest BCUT2D eigenvalue weighted by atomic mass is 9.98. The molecule has 1 N–H and O–H groups in total. The summed E-state index contributed by atoms with van der Waals surface area (Å²) in [6.07, 6.45) is 0.949. The van der Waals surface area contributed by atoms with E-state index in [9.17, 15) is 18.8 Å². The summed E-state index contributed by atoms with van der Waals surface area (Å²) in [5.41, 5.74) is 1.83. The molecule has 1 aliphatic rings. The van der Waals surface area contributed by atoms with Crippen LogP contribution in [0.2, 0.25) is 0 Å². The van der Waals surface area contributed by atoms with Crippen LogP contribution in [0, 0.1) is 5.82 Å². The van der Waals surface area contributed by atoms with Gasteiger partial charge in [-0.3, -0.25) is 19.7 Å². The maximum absolute atomic E-state index is 14.1. The van der Waals surface area contributed by atoms with Crippen LogP contribution in [0.3, 0.4) is 0 Å². The second-order valence-electron chi connectivity index (χ2n) is 6.19. The molecule has 1 aromatic carbocycles. The molecule has 1 aliphatic heterocycles. The molecule has 6 heteroatoms. The topological polar surface area (TPSA) is 66.5 Å². The van der Waals surface area contributed by atoms with Crippen LogP contribution >= 0.6 is 0 Å². The number of carbonyl (C=O) groups excluding carboxylic acids is 3. The minimum atomic E-state index is -0.371. The van der Waals surface area contributed by atoms with E-state index in [2.05, 4.69) is 5.32 Å². The molecule has 1 aromatic rings. The van der Waals surface area contributed by atoms with Crippen molar-refractivity contribution in [1.29, 1.82) is 0 Å². The minimum Gasteiger partial charge on any atom is -0.332 e. The first-order chi connectivity index (χ1) is 10.8. The Morgan fingerprint density at radius 1 is 1.39 bits per heavy atom. The molecular formula is C17H21FN2O3. The molecule has 1 heterocycles. The molecule has 0 fully saturated rings. The van der Waals surface area contributed by atoms with Crippen molar-refractivity contribution in [3.63, 3.8) is 0 Å². The Labute approximate surface area is 134 Å². The van der Waals surface area contributed by atoms with E-state index in [0.29, 0.717) is 30.5 Å². The number of imide groups is 1. The van der Waals surface area contributed by atoms with Crippen molar-refractivity contribution >= 4 is 18.2 Å². The average Bonchev–Trinajstić information content (AvgIpc) is 2.81. The SMILES string of the molecule is CC(C)c1cc2c(cc1F)C(=O)N(C(C)CCC(=O)NC=O)C2. The van der Waals surface area contributed by atoms with Gasteiger partial charge in [-0.05, 0) is 36.5 Å². The van der Waals surface area contributed by atoms with Crippen LogP contribution in [0.15, 0.2) is 12.1 Å². The predicted molar refractivity (Wildman–Crippen MR) is 83.3 cm³/mol. The molecule has 1 unspecified atom stereocenters. The maximum atomic E-state index is 14.1. The van der Waals surface area contributed by atoms with Crippen molar-refractivity contribution in [2.45, 2.75) is 52.1 Å². The number of rotatable bonds is 6. The highest BCUT2D eigenvalue weighted by Gasteiger charge is 2.32. The Balaban J connectivity index is 2.11. The van der Waals surface area contributed by atoms with E-state index >= 15 is 0 Å². The van der Waals surface area contributed by atoms with Crippen LogP contribution in [0.5, 0.6) is 0 Å². The van der Waals surface area contributed by atoms with E-state index in [0.717, 1.165) is 5.56 Å². The van der Waals surface area contributed by atoms with Crippen molar-refractivity contribution in [3.8, 4) is 0 Å². The lowest BCUT2D eigenvalue weighted by Gasteiger charge is -2.23. The first-order valence-electron chi connectivity index (χ1n) is 7.71. The van der Waals surface area contributed by atoms with Crippen molar-refractivity contribution in [3.05, 3.63) is 34.6 Å². The van der Waals surface area contributed by atoms with Gasteiger partial charge in [0.1, 0.15) is 5.82 Å². The van der Waals surface area contributed by atoms with Gasteiger partial charge >= 0.3 is 0 Å². The summed E-state index contributed by atoms with van der Waals surface area (Å²) in [4.78, 5) is 35.6. The largest absolute Gasteiger partial charge is 0.332 e. The van der Waals surface area contributed by atoms with Crippen LogP contribution in [0.4, 0.5) is 4.39 Å². The Morgan fingerprint density at radius 2 is 2.09 bits per heavy atom. The standard InChI is InChI=1S/C17H21FN2O3/c1-10(2)13-6-12-8-20(17(23)14(12)7-15(13)18)11(3)4-5-16(22)19-9-21/h6-7,9-11H,4-5,8H2,1-3H3,(H,19,21,22). The summed E-state index contributed by atoms with van der Waals surface area (Å²) in [5.74, 6) is -0.887. The molecule has 1 atom stereocenters. The molecule has 0 aliphatic carbocycles. The van der Waals surface area contributed by atoms with Gasteiger partial charge in [-0.15, -0.1) is 0 Å². The Morgan fingerprint density at radius 3 is 2.70 bits per heavy atom. The number of halogens is 1. The molecule has 3 amide bonds. The zero-order chi connectivity index (χ0) is 17.1. The molecule has 0 spiro atoms. The third-order valence-corrected chi connectivity index (χ3v) is 4.22. The summed E-state index contributed by atoms with van der Waals surface area (Å²) < 4.78 is 14.1. The maximum Gasteiger partial charge on any atom is 0.254 e. The van der Waals surface area contributed by atoms with Crippen LogP contribution < -0.4 is 5.32 Å². The molecular weight excluding hydrogens is 299 g/mol. The molecule has 0 saturated carbocycles. The molecule has 23 heavy (non-hydrogen) atoms. The van der Waals surface area contributed by atoms with Gasteiger partial charge in [0.2, 0.25) is 12.3 Å². The summed E-state index contributed by atoms with van der Waals surface area (Å²) in [7, 11) is 0. The normalized spacial score (nSPS) is 14.8. The van der Waals surface area contributed by atoms with Gasteiger partial charge in [0, 0.05) is 24.6 Å². The number of hydrogen-bond acceptors (Lipinski definition) is 3. The zero-order valence-electron chi connectivity index (χ0n) is 13.6. The van der Waals surface area contributed by atoms with Gasteiger partial charge in [0.15, 0.2) is 0 Å². The number of nitrogens with zero attached hydrogens (tertiary/aromatic N) is 1. The molecule has 0 aromatic heterocycles. The monoisotopic (exact) mass is 320 g/mol. The number of nitrogens with one attached hydrogen (secondary N) is 1. The highest BCUT2D eigenvalue weighted by atomic mass is 19.1. The molecule has 0 bridgehead atoms.